The number of aromatic hydroxyl groups is 1. The monoisotopic (exact) mass is 866 g/mol. The molecule has 0 spiro atoms. The molecule has 0 heterocycles. The second kappa shape index (κ2) is 28.8. The minimum atomic E-state index is -1.71. The van der Waals surface area contributed by atoms with Crippen LogP contribution in [0.25, 0.3) is 0 Å². The van der Waals surface area contributed by atoms with E-state index in [9.17, 15) is 54.0 Å². The maximum Gasteiger partial charge on any atom is 0.328 e. The fraction of sp³-hybridized carbons (Fsp3) is 0.632. The molecule has 23 nitrogen and oxygen atoms in total. The Kier molecular flexibility index (Phi) is 25.2. The smallest absolute Gasteiger partial charge is 0.328 e. The van der Waals surface area contributed by atoms with Crippen molar-refractivity contribution in [1.29, 1.82) is 0 Å². The molecular weight excluding hydrogens is 800 g/mol. The number of hydrogen-bond acceptors (Lipinski definition) is 14. The second-order valence-corrected chi connectivity index (χ2v) is 14.7. The highest BCUT2D eigenvalue weighted by Crippen LogP contribution is 2.13. The molecule has 0 radical (unpaired) electrons. The lowest BCUT2D eigenvalue weighted by molar-refractivity contribution is -0.143. The summed E-state index contributed by atoms with van der Waals surface area (Å²) in [5, 5.41) is 53.6. The number of benzene rings is 1. The van der Waals surface area contributed by atoms with E-state index in [2.05, 4.69) is 36.9 Å². The number of aliphatic hydroxyl groups excluding tert-OH is 2. The van der Waals surface area contributed by atoms with Crippen molar-refractivity contribution in [3.05, 3.63) is 29.8 Å². The first-order chi connectivity index (χ1) is 28.9. The lowest BCUT2D eigenvalue weighted by atomic mass is 10.0. The zero-order chi connectivity index (χ0) is 46.1. The van der Waals surface area contributed by atoms with Crippen LogP contribution in [0.5, 0.6) is 5.75 Å². The first-order valence-corrected chi connectivity index (χ1v) is 20.1. The number of amides is 6. The van der Waals surface area contributed by atoms with Crippen molar-refractivity contribution in [1.82, 2.24) is 31.9 Å². The number of carbonyl (C=O) groups is 7. The molecule has 0 saturated carbocycles. The number of phenolic OH excluding ortho intramolecular Hbond substituents is 1. The topological polar surface area (TPSA) is 415 Å². The number of carbonyl (C=O) groups excluding carboxylic acids is 6. The highest BCUT2D eigenvalue weighted by Gasteiger charge is 2.34. The highest BCUT2D eigenvalue weighted by atomic mass is 16.4. The van der Waals surface area contributed by atoms with Gasteiger partial charge in [0, 0.05) is 13.0 Å². The summed E-state index contributed by atoms with van der Waals surface area (Å²) in [6.07, 6.45) is 2.16. The summed E-state index contributed by atoms with van der Waals surface area (Å²) in [4.78, 5) is 96.3. The number of carboxylic acid groups (broad SMARTS) is 1. The molecule has 0 aromatic heterocycles. The van der Waals surface area contributed by atoms with Crippen LogP contribution < -0.4 is 60.6 Å². The molecule has 1 rings (SSSR count). The SMILES string of the molecule is CC(C)[C@H](NC(=O)[C@@H](N)CCCCN)C(=O)N[C@@H](CO)C(=O)N[C@@H](CCCCN)C(=O)N[C@@H](CCCN=C(N)N)C(=O)N[C@@H](Cc1ccc(O)cc1)C(=O)N[C@@H](CO)C(=O)O. The zero-order valence-corrected chi connectivity index (χ0v) is 34.8. The summed E-state index contributed by atoms with van der Waals surface area (Å²) in [7, 11) is 0. The van der Waals surface area contributed by atoms with Crippen molar-refractivity contribution >= 4 is 47.4 Å². The lowest BCUT2D eigenvalue weighted by Gasteiger charge is -2.28. The lowest BCUT2D eigenvalue weighted by Crippen LogP contribution is -2.61. The number of aliphatic hydroxyl groups is 2. The summed E-state index contributed by atoms with van der Waals surface area (Å²) in [6.45, 7) is 2.16. The number of carboxylic acids is 1. The number of rotatable bonds is 30. The molecular formula is C38H66N12O11. The van der Waals surface area contributed by atoms with Crippen LogP contribution in [0, 0.1) is 5.92 Å². The minimum Gasteiger partial charge on any atom is -0.508 e. The third-order valence-corrected chi connectivity index (χ3v) is 9.33. The molecule has 0 aliphatic heterocycles. The third-order valence-electron chi connectivity index (χ3n) is 9.33. The van der Waals surface area contributed by atoms with E-state index < -0.39 is 103 Å². The molecule has 0 unspecified atom stereocenters. The summed E-state index contributed by atoms with van der Waals surface area (Å²) < 4.78 is 0. The zero-order valence-electron chi connectivity index (χ0n) is 34.8. The Hall–Kier alpha value is -5.62. The van der Waals surface area contributed by atoms with Gasteiger partial charge in [0.05, 0.1) is 19.3 Å². The van der Waals surface area contributed by atoms with Crippen molar-refractivity contribution in [2.75, 3.05) is 32.8 Å². The molecule has 61 heavy (non-hydrogen) atoms. The van der Waals surface area contributed by atoms with Crippen LogP contribution >= 0.6 is 0 Å². The van der Waals surface area contributed by atoms with Gasteiger partial charge in [0.25, 0.3) is 0 Å². The number of phenols is 1. The van der Waals surface area contributed by atoms with E-state index >= 15 is 0 Å². The van der Waals surface area contributed by atoms with Gasteiger partial charge in [-0.25, -0.2) is 4.79 Å². The van der Waals surface area contributed by atoms with Gasteiger partial charge in [-0.15, -0.1) is 0 Å². The van der Waals surface area contributed by atoms with Crippen LogP contribution in [0.1, 0.15) is 70.8 Å². The van der Waals surface area contributed by atoms with Crippen molar-refractivity contribution in [3.8, 4) is 5.75 Å². The van der Waals surface area contributed by atoms with E-state index in [4.69, 9.17) is 28.7 Å². The highest BCUT2D eigenvalue weighted by molar-refractivity contribution is 5.97. The van der Waals surface area contributed by atoms with Crippen LogP contribution in [0.3, 0.4) is 0 Å². The van der Waals surface area contributed by atoms with Crippen LogP contribution in [0.15, 0.2) is 29.3 Å². The average Bonchev–Trinajstić information content (AvgIpc) is 3.21. The number of hydrogen-bond donors (Lipinski definition) is 15. The van der Waals surface area contributed by atoms with Crippen LogP contribution in [0.2, 0.25) is 0 Å². The molecule has 23 heteroatoms. The first-order valence-electron chi connectivity index (χ1n) is 20.1. The maximum atomic E-state index is 13.9. The Morgan fingerprint density at radius 3 is 1.56 bits per heavy atom. The summed E-state index contributed by atoms with van der Waals surface area (Å²) in [5.41, 5.74) is 28.5. The Balaban J connectivity index is 3.37. The number of guanidine groups is 1. The number of aliphatic imine (C=N–C) groups is 1. The number of nitrogens with two attached hydrogens (primary N) is 5. The number of aliphatic carboxylic acids is 1. The van der Waals surface area contributed by atoms with Gasteiger partial charge in [-0.1, -0.05) is 32.4 Å². The van der Waals surface area contributed by atoms with E-state index in [0.717, 1.165) is 0 Å². The van der Waals surface area contributed by atoms with Gasteiger partial charge in [0.15, 0.2) is 5.96 Å². The average molecular weight is 867 g/mol. The van der Waals surface area contributed by atoms with Crippen molar-refractivity contribution in [3.63, 3.8) is 0 Å². The van der Waals surface area contributed by atoms with Crippen LogP contribution in [0.4, 0.5) is 0 Å². The van der Waals surface area contributed by atoms with E-state index in [1.807, 2.05) is 0 Å². The predicted molar refractivity (Wildman–Crippen MR) is 224 cm³/mol. The first kappa shape index (κ1) is 53.4. The Morgan fingerprint density at radius 2 is 1.07 bits per heavy atom. The van der Waals surface area contributed by atoms with Crippen LogP contribution in [-0.4, -0.2) is 143 Å². The molecule has 0 bridgehead atoms. The summed E-state index contributed by atoms with van der Waals surface area (Å²) in [5.74, 6) is -7.42. The van der Waals surface area contributed by atoms with Gasteiger partial charge in [0.2, 0.25) is 35.4 Å². The van der Waals surface area contributed by atoms with E-state index in [0.29, 0.717) is 44.2 Å². The Labute approximate surface area is 354 Å². The standard InChI is InChI=1S/C38H66N12O11/c1-21(2)30(50-31(54)24(41)8-3-5-15-39)36(59)48-28(19-51)35(58)46-25(9-4-6-16-40)32(55)45-26(10-7-17-44-38(42)43)33(56)47-27(18-22-11-13-23(53)14-12-22)34(57)49-29(20-52)37(60)61/h11-14,21,24-30,51-53H,3-10,15-20,39-41H2,1-2H3,(H,45,55)(H,46,58)(H,47,56)(H,48,59)(H,49,57)(H,50,54)(H,60,61)(H4,42,43,44)/t24-,25-,26-,27-,28-,29-,30-/m0/s1. The minimum absolute atomic E-state index is 0.000448. The number of unbranched alkanes of at least 4 members (excludes halogenated alkanes) is 2. The number of nitrogens with zero attached hydrogens (tertiary/aromatic N) is 1. The Bertz CT molecular complexity index is 1590. The fourth-order valence-electron chi connectivity index (χ4n) is 5.78. The van der Waals surface area contributed by atoms with Gasteiger partial charge < -0.3 is 81.0 Å². The van der Waals surface area contributed by atoms with Crippen molar-refractivity contribution < 1.29 is 54.0 Å². The quantitative estimate of drug-likeness (QED) is 0.0196. The van der Waals surface area contributed by atoms with E-state index in [1.54, 1.807) is 13.8 Å². The van der Waals surface area contributed by atoms with Gasteiger partial charge in [-0.2, -0.15) is 0 Å². The third kappa shape index (κ3) is 20.5. The molecule has 20 N–H and O–H groups in total. The Morgan fingerprint density at radius 1 is 0.607 bits per heavy atom. The molecule has 1 aromatic rings. The summed E-state index contributed by atoms with van der Waals surface area (Å²) in [6, 6.07) is -3.95. The van der Waals surface area contributed by atoms with Crippen LogP contribution in [-0.2, 0) is 40.0 Å². The van der Waals surface area contributed by atoms with E-state index in [1.165, 1.54) is 24.3 Å². The predicted octanol–water partition coefficient (Wildman–Crippen LogP) is -4.79. The molecule has 0 aliphatic rings. The second-order valence-electron chi connectivity index (χ2n) is 14.7. The van der Waals surface area contributed by atoms with Gasteiger partial charge >= 0.3 is 5.97 Å². The van der Waals surface area contributed by atoms with Crippen molar-refractivity contribution in [2.24, 2.45) is 39.6 Å². The largest absolute Gasteiger partial charge is 0.508 e. The molecule has 6 amide bonds. The molecule has 1 aromatic carbocycles. The normalized spacial score (nSPS) is 14.5. The molecule has 7 atom stereocenters. The van der Waals surface area contributed by atoms with E-state index in [-0.39, 0.29) is 50.5 Å². The van der Waals surface area contributed by atoms with Gasteiger partial charge in [-0.3, -0.25) is 33.8 Å². The van der Waals surface area contributed by atoms with Crippen molar-refractivity contribution in [2.45, 2.75) is 114 Å². The van der Waals surface area contributed by atoms with Gasteiger partial charge in [0.1, 0.15) is 42.0 Å². The maximum absolute atomic E-state index is 13.9. The molecule has 0 fully saturated rings. The molecule has 344 valence electrons. The summed E-state index contributed by atoms with van der Waals surface area (Å²) >= 11 is 0. The molecule has 0 aliphatic carbocycles. The number of nitrogens with one attached hydrogen (secondary N) is 6. The van der Waals surface area contributed by atoms with Gasteiger partial charge in [-0.05, 0) is 81.6 Å². The molecule has 0 saturated heterocycles. The fourth-order valence-corrected chi connectivity index (χ4v) is 5.78.